The number of rotatable bonds is 4. The van der Waals surface area contributed by atoms with Crippen molar-refractivity contribution in [2.24, 2.45) is 0 Å². The van der Waals surface area contributed by atoms with E-state index in [1.54, 1.807) is 30.5 Å². The Morgan fingerprint density at radius 2 is 2.05 bits per heavy atom. The highest BCUT2D eigenvalue weighted by atomic mass is 19.1. The number of hydrogen-bond acceptors (Lipinski definition) is 3. The van der Waals surface area contributed by atoms with Gasteiger partial charge in [0.1, 0.15) is 11.5 Å². The molecule has 2 N–H and O–H groups in total. The first kappa shape index (κ1) is 13.0. The van der Waals surface area contributed by atoms with E-state index in [9.17, 15) is 9.18 Å². The van der Waals surface area contributed by atoms with Crippen LogP contribution in [0.25, 0.3) is 0 Å². The molecule has 2 aromatic rings. The van der Waals surface area contributed by atoms with Gasteiger partial charge in [-0.15, -0.1) is 0 Å². The number of anilines is 2. The summed E-state index contributed by atoms with van der Waals surface area (Å²) in [5, 5.41) is 5.56. The molecule has 2 rings (SSSR count). The monoisotopic (exact) mass is 259 g/mol. The van der Waals surface area contributed by atoms with E-state index in [2.05, 4.69) is 15.6 Å². The summed E-state index contributed by atoms with van der Waals surface area (Å²) < 4.78 is 13.4. The summed E-state index contributed by atoms with van der Waals surface area (Å²) in [5.41, 5.74) is 1.22. The second kappa shape index (κ2) is 5.95. The minimum Gasteiger partial charge on any atom is -0.384 e. The van der Waals surface area contributed by atoms with Crippen molar-refractivity contribution >= 4 is 17.3 Å². The molecule has 1 aromatic carbocycles. The zero-order valence-corrected chi connectivity index (χ0v) is 10.5. The van der Waals surface area contributed by atoms with Crippen LogP contribution >= 0.6 is 0 Å². The van der Waals surface area contributed by atoms with Crippen LogP contribution in [0.15, 0.2) is 42.6 Å². The first-order chi connectivity index (χ1) is 9.20. The number of carbonyl (C=O) groups is 1. The van der Waals surface area contributed by atoms with Gasteiger partial charge in [-0.25, -0.2) is 9.37 Å². The maximum absolute atomic E-state index is 13.4. The van der Waals surface area contributed by atoms with Crippen molar-refractivity contribution in [3.63, 3.8) is 0 Å². The van der Waals surface area contributed by atoms with E-state index in [0.29, 0.717) is 0 Å². The summed E-state index contributed by atoms with van der Waals surface area (Å²) in [5.74, 6) is -0.909. The topological polar surface area (TPSA) is 54.0 Å². The average molecular weight is 259 g/mol. The fraction of sp³-hybridized carbons (Fsp3) is 0.143. The molecule has 0 radical (unpaired) electrons. The summed E-state index contributed by atoms with van der Waals surface area (Å²) >= 11 is 0. The third kappa shape index (κ3) is 3.28. The second-order valence-electron chi connectivity index (χ2n) is 3.90. The van der Waals surface area contributed by atoms with E-state index in [-0.39, 0.29) is 11.4 Å². The third-order valence-electron chi connectivity index (χ3n) is 2.50. The van der Waals surface area contributed by atoms with Crippen molar-refractivity contribution in [2.75, 3.05) is 17.2 Å². The van der Waals surface area contributed by atoms with Crippen LogP contribution in [0, 0.1) is 5.82 Å². The summed E-state index contributed by atoms with van der Waals surface area (Å²) in [7, 11) is 0. The van der Waals surface area contributed by atoms with E-state index in [4.69, 9.17) is 0 Å². The number of nitrogens with zero attached hydrogens (tertiary/aromatic N) is 1. The van der Waals surface area contributed by atoms with Crippen LogP contribution in [0.2, 0.25) is 0 Å². The first-order valence-corrected chi connectivity index (χ1v) is 5.96. The van der Waals surface area contributed by atoms with Crippen molar-refractivity contribution in [1.29, 1.82) is 0 Å². The molecule has 0 aliphatic carbocycles. The number of pyridine rings is 1. The van der Waals surface area contributed by atoms with Gasteiger partial charge in [0.15, 0.2) is 0 Å². The van der Waals surface area contributed by atoms with Crippen LogP contribution in [-0.4, -0.2) is 17.4 Å². The molecule has 4 nitrogen and oxygen atoms in total. The molecule has 1 heterocycles. The summed E-state index contributed by atoms with van der Waals surface area (Å²) in [4.78, 5) is 15.9. The van der Waals surface area contributed by atoms with Gasteiger partial charge in [0.25, 0.3) is 5.91 Å². The predicted molar refractivity (Wildman–Crippen MR) is 72.8 cm³/mol. The summed E-state index contributed by atoms with van der Waals surface area (Å²) in [6, 6.07) is 9.35. The lowest BCUT2D eigenvalue weighted by atomic mass is 10.2. The molecule has 1 aromatic heterocycles. The fourth-order valence-electron chi connectivity index (χ4n) is 1.59. The highest BCUT2D eigenvalue weighted by Gasteiger charge is 2.09. The molecule has 0 unspecified atom stereocenters. The Morgan fingerprint density at radius 1 is 1.26 bits per heavy atom. The quantitative estimate of drug-likeness (QED) is 0.887. The Hall–Kier alpha value is -2.43. The lowest BCUT2D eigenvalue weighted by molar-refractivity contribution is 0.102. The Balaban J connectivity index is 2.10. The third-order valence-corrected chi connectivity index (χ3v) is 2.50. The van der Waals surface area contributed by atoms with Crippen LogP contribution in [-0.2, 0) is 0 Å². The minimum absolute atomic E-state index is 0.144. The molecule has 1 amide bonds. The number of aromatic nitrogens is 1. The van der Waals surface area contributed by atoms with Gasteiger partial charge in [0, 0.05) is 6.54 Å². The second-order valence-corrected chi connectivity index (χ2v) is 3.90. The molecule has 0 fully saturated rings. The molecule has 0 saturated heterocycles. The molecule has 19 heavy (non-hydrogen) atoms. The van der Waals surface area contributed by atoms with Crippen LogP contribution in [0.4, 0.5) is 15.8 Å². The van der Waals surface area contributed by atoms with Gasteiger partial charge in [-0.1, -0.05) is 12.1 Å². The molecule has 0 aliphatic rings. The molecule has 0 saturated carbocycles. The van der Waals surface area contributed by atoms with Crippen LogP contribution in [0.5, 0.6) is 0 Å². The Morgan fingerprint density at radius 3 is 2.68 bits per heavy atom. The number of carbonyl (C=O) groups excluding carboxylic acids is 1. The number of para-hydroxylation sites is 1. The van der Waals surface area contributed by atoms with Gasteiger partial charge in [-0.2, -0.15) is 0 Å². The highest BCUT2D eigenvalue weighted by Crippen LogP contribution is 2.14. The van der Waals surface area contributed by atoms with Crippen LogP contribution in [0.3, 0.4) is 0 Å². The maximum Gasteiger partial charge on any atom is 0.274 e. The summed E-state index contributed by atoms with van der Waals surface area (Å²) in [6.45, 7) is 2.75. The van der Waals surface area contributed by atoms with E-state index in [0.717, 1.165) is 12.2 Å². The van der Waals surface area contributed by atoms with Crippen LogP contribution < -0.4 is 10.6 Å². The molecule has 98 valence electrons. The minimum atomic E-state index is -0.472. The first-order valence-electron chi connectivity index (χ1n) is 5.96. The smallest absolute Gasteiger partial charge is 0.274 e. The SMILES string of the molecule is CCNc1ccc(C(=O)Nc2ccccc2F)nc1. The number of halogens is 1. The highest BCUT2D eigenvalue weighted by molar-refractivity contribution is 6.03. The number of hydrogen-bond donors (Lipinski definition) is 2. The van der Waals surface area contributed by atoms with Crippen molar-refractivity contribution in [3.8, 4) is 0 Å². The molecular weight excluding hydrogens is 245 g/mol. The average Bonchev–Trinajstić information content (AvgIpc) is 2.42. The Bertz CT molecular complexity index is 569. The van der Waals surface area contributed by atoms with Gasteiger partial charge in [0.05, 0.1) is 17.6 Å². The van der Waals surface area contributed by atoms with Gasteiger partial charge in [-0.05, 0) is 31.2 Å². The normalized spacial score (nSPS) is 10.0. The van der Waals surface area contributed by atoms with E-state index in [1.807, 2.05) is 6.92 Å². The maximum atomic E-state index is 13.4. The molecule has 0 bridgehead atoms. The Labute approximate surface area is 110 Å². The Kier molecular flexibility index (Phi) is 4.07. The number of benzene rings is 1. The van der Waals surface area contributed by atoms with Crippen molar-refractivity contribution < 1.29 is 9.18 Å². The lowest BCUT2D eigenvalue weighted by Crippen LogP contribution is -2.14. The molecule has 5 heteroatoms. The zero-order valence-electron chi connectivity index (χ0n) is 10.5. The zero-order chi connectivity index (χ0) is 13.7. The van der Waals surface area contributed by atoms with Crippen molar-refractivity contribution in [3.05, 3.63) is 54.1 Å². The molecule has 0 spiro atoms. The van der Waals surface area contributed by atoms with Gasteiger partial charge < -0.3 is 10.6 Å². The number of amides is 1. The standard InChI is InChI=1S/C14H14FN3O/c1-2-16-10-7-8-13(17-9-10)14(19)18-12-6-4-3-5-11(12)15/h3-9,16H,2H2,1H3,(H,18,19). The fourth-order valence-corrected chi connectivity index (χ4v) is 1.59. The van der Waals surface area contributed by atoms with Gasteiger partial charge in [0.2, 0.25) is 0 Å². The van der Waals surface area contributed by atoms with E-state index >= 15 is 0 Å². The molecule has 0 atom stereocenters. The van der Waals surface area contributed by atoms with Crippen LogP contribution in [0.1, 0.15) is 17.4 Å². The van der Waals surface area contributed by atoms with E-state index < -0.39 is 11.7 Å². The number of nitrogens with one attached hydrogen (secondary N) is 2. The summed E-state index contributed by atoms with van der Waals surface area (Å²) in [6.07, 6.45) is 1.57. The van der Waals surface area contributed by atoms with E-state index in [1.165, 1.54) is 12.1 Å². The van der Waals surface area contributed by atoms with Crippen molar-refractivity contribution in [2.45, 2.75) is 6.92 Å². The van der Waals surface area contributed by atoms with Gasteiger partial charge in [-0.3, -0.25) is 4.79 Å². The van der Waals surface area contributed by atoms with Gasteiger partial charge >= 0.3 is 0 Å². The van der Waals surface area contributed by atoms with Crippen molar-refractivity contribution in [1.82, 2.24) is 4.98 Å². The molecular formula is C14H14FN3O. The largest absolute Gasteiger partial charge is 0.384 e. The molecule has 0 aliphatic heterocycles. The lowest BCUT2D eigenvalue weighted by Gasteiger charge is -2.06. The predicted octanol–water partition coefficient (Wildman–Crippen LogP) is 2.90.